The Hall–Kier alpha value is 0.0969. The summed E-state index contributed by atoms with van der Waals surface area (Å²) < 4.78 is 19.6. The first-order chi connectivity index (χ1) is 15.8. The first-order valence-corrected chi connectivity index (χ1v) is 17.7. The van der Waals surface area contributed by atoms with Gasteiger partial charge in [-0.25, -0.2) is 0 Å². The zero-order chi connectivity index (χ0) is 25.8. The Labute approximate surface area is 215 Å². The fourth-order valence-electron chi connectivity index (χ4n) is 4.95. The van der Waals surface area contributed by atoms with Crippen LogP contribution < -0.4 is 0 Å². The number of hydrogen-bond acceptors (Lipinski definition) is 3. The maximum atomic E-state index is 7.09. The van der Waals surface area contributed by atoms with E-state index in [1.54, 1.807) is 0 Å². The molecule has 34 heavy (non-hydrogen) atoms. The highest BCUT2D eigenvalue weighted by molar-refractivity contribution is 6.74. The largest absolute Gasteiger partial charge is 0.414 e. The molecule has 4 heteroatoms. The van der Waals surface area contributed by atoms with E-state index in [1.165, 1.54) is 70.6 Å². The summed E-state index contributed by atoms with van der Waals surface area (Å²) in [6, 6.07) is 0. The van der Waals surface area contributed by atoms with Crippen LogP contribution in [0.2, 0.25) is 18.1 Å². The van der Waals surface area contributed by atoms with Gasteiger partial charge in [-0.3, -0.25) is 0 Å². The van der Waals surface area contributed by atoms with Gasteiger partial charge >= 0.3 is 0 Å². The van der Waals surface area contributed by atoms with Gasteiger partial charge in [-0.2, -0.15) is 0 Å². The van der Waals surface area contributed by atoms with Crippen molar-refractivity contribution in [2.45, 2.75) is 175 Å². The lowest BCUT2D eigenvalue weighted by Gasteiger charge is -2.47. The second-order valence-corrected chi connectivity index (χ2v) is 17.8. The van der Waals surface area contributed by atoms with Crippen LogP contribution in [0.4, 0.5) is 0 Å². The average Bonchev–Trinajstić information content (AvgIpc) is 2.74. The first kappa shape index (κ1) is 32.1. The molecule has 1 aliphatic rings. The zero-order valence-electron chi connectivity index (χ0n) is 24.9. The average molecular weight is 499 g/mol. The fraction of sp³-hybridized carbons (Fsp3) is 1.00. The van der Waals surface area contributed by atoms with Gasteiger partial charge in [0, 0.05) is 11.8 Å². The third-order valence-corrected chi connectivity index (χ3v) is 13.0. The van der Waals surface area contributed by atoms with E-state index in [1.807, 2.05) is 0 Å². The van der Waals surface area contributed by atoms with Gasteiger partial charge in [0.1, 0.15) is 0 Å². The van der Waals surface area contributed by atoms with Crippen LogP contribution in [0.1, 0.15) is 139 Å². The Morgan fingerprint density at radius 2 is 1.38 bits per heavy atom. The molecule has 0 aliphatic carbocycles. The first-order valence-electron chi connectivity index (χ1n) is 14.8. The Morgan fingerprint density at radius 1 is 0.882 bits per heavy atom. The van der Waals surface area contributed by atoms with Crippen molar-refractivity contribution in [3.8, 4) is 0 Å². The minimum Gasteiger partial charge on any atom is -0.414 e. The number of unbranched alkanes of at least 4 members (excludes halogenated alkanes) is 10. The molecule has 0 bridgehead atoms. The summed E-state index contributed by atoms with van der Waals surface area (Å²) in [4.78, 5) is 0. The van der Waals surface area contributed by atoms with E-state index in [0.29, 0.717) is 11.8 Å². The summed E-state index contributed by atoms with van der Waals surface area (Å²) in [6.45, 7) is 23.7. The molecule has 0 aromatic heterocycles. The Balaban J connectivity index is 2.63. The molecule has 0 N–H and O–H groups in total. The molecule has 4 atom stereocenters. The van der Waals surface area contributed by atoms with E-state index in [9.17, 15) is 0 Å². The Bertz CT molecular complexity index is 526. The standard InChI is InChI=1S/C30H62O3Si/c1-11-13-14-15-16-17-18-19-20-21-22-23-27(33-34(9,10)29(4,5)6)25(3)28-26(12-2)24-31-30(7,8)32-28/h25-28H,11-24H2,1-10H3/t25-,26-,27+,28+/m0/s1. The normalized spacial score (nSPS) is 23.1. The molecular formula is C30H62O3Si. The molecule has 0 spiro atoms. The smallest absolute Gasteiger partial charge is 0.192 e. The Kier molecular flexibility index (Phi) is 14.5. The van der Waals surface area contributed by atoms with E-state index in [0.717, 1.165) is 19.4 Å². The SMILES string of the molecule is CCCCCCCCCCCCC[C@@H](O[Si](C)(C)C(C)(C)C)[C@H](C)[C@H]1OC(C)(C)OC[C@@H]1CC. The van der Waals surface area contributed by atoms with Crippen LogP contribution in [-0.4, -0.2) is 32.9 Å². The van der Waals surface area contributed by atoms with Crippen molar-refractivity contribution < 1.29 is 13.9 Å². The van der Waals surface area contributed by atoms with Gasteiger partial charge in [-0.15, -0.1) is 0 Å². The van der Waals surface area contributed by atoms with Gasteiger partial charge < -0.3 is 13.9 Å². The third kappa shape index (κ3) is 11.4. The maximum absolute atomic E-state index is 7.09. The molecule has 0 amide bonds. The van der Waals surface area contributed by atoms with Crippen LogP contribution in [0, 0.1) is 11.8 Å². The van der Waals surface area contributed by atoms with E-state index in [-0.39, 0.29) is 17.2 Å². The van der Waals surface area contributed by atoms with Gasteiger partial charge in [-0.05, 0) is 44.8 Å². The quantitative estimate of drug-likeness (QED) is 0.147. The highest BCUT2D eigenvalue weighted by Gasteiger charge is 2.44. The molecule has 3 nitrogen and oxygen atoms in total. The number of rotatable bonds is 17. The van der Waals surface area contributed by atoms with E-state index in [2.05, 4.69) is 68.5 Å². The van der Waals surface area contributed by atoms with Gasteiger partial charge in [0.15, 0.2) is 14.1 Å². The van der Waals surface area contributed by atoms with Crippen molar-refractivity contribution in [1.82, 2.24) is 0 Å². The lowest BCUT2D eigenvalue weighted by molar-refractivity contribution is -0.306. The predicted molar refractivity (Wildman–Crippen MR) is 151 cm³/mol. The number of ether oxygens (including phenoxy) is 2. The molecule has 0 aromatic rings. The van der Waals surface area contributed by atoms with Crippen LogP contribution in [0.15, 0.2) is 0 Å². The van der Waals surface area contributed by atoms with Crippen molar-refractivity contribution in [2.24, 2.45) is 11.8 Å². The molecule has 1 fully saturated rings. The predicted octanol–water partition coefficient (Wildman–Crippen LogP) is 9.89. The summed E-state index contributed by atoms with van der Waals surface area (Å²) in [5, 5.41) is 0.224. The Morgan fingerprint density at radius 3 is 1.85 bits per heavy atom. The lowest BCUT2D eigenvalue weighted by Crippen LogP contribution is -2.53. The lowest BCUT2D eigenvalue weighted by atomic mass is 9.84. The molecule has 0 aromatic carbocycles. The van der Waals surface area contributed by atoms with Crippen molar-refractivity contribution in [2.75, 3.05) is 6.61 Å². The molecule has 1 heterocycles. The summed E-state index contributed by atoms with van der Waals surface area (Å²) in [7, 11) is -1.85. The van der Waals surface area contributed by atoms with Crippen molar-refractivity contribution in [1.29, 1.82) is 0 Å². The van der Waals surface area contributed by atoms with Crippen LogP contribution in [0.3, 0.4) is 0 Å². The van der Waals surface area contributed by atoms with Crippen LogP contribution >= 0.6 is 0 Å². The molecule has 0 saturated carbocycles. The van der Waals surface area contributed by atoms with E-state index in [4.69, 9.17) is 13.9 Å². The number of hydrogen-bond donors (Lipinski definition) is 0. The summed E-state index contributed by atoms with van der Waals surface area (Å²) in [5.74, 6) is 0.332. The fourth-order valence-corrected chi connectivity index (χ4v) is 6.40. The summed E-state index contributed by atoms with van der Waals surface area (Å²) in [5.41, 5.74) is 0. The molecule has 204 valence electrons. The van der Waals surface area contributed by atoms with Crippen molar-refractivity contribution >= 4 is 8.32 Å². The second-order valence-electron chi connectivity index (χ2n) is 13.1. The van der Waals surface area contributed by atoms with Crippen LogP contribution in [0.5, 0.6) is 0 Å². The van der Waals surface area contributed by atoms with Gasteiger partial charge in [0.25, 0.3) is 0 Å². The summed E-state index contributed by atoms with van der Waals surface area (Å²) >= 11 is 0. The highest BCUT2D eigenvalue weighted by atomic mass is 28.4. The molecule has 1 saturated heterocycles. The van der Waals surface area contributed by atoms with Gasteiger partial charge in [0.05, 0.1) is 18.8 Å². The van der Waals surface area contributed by atoms with Crippen LogP contribution in [-0.2, 0) is 13.9 Å². The third-order valence-electron chi connectivity index (χ3n) is 8.50. The molecule has 1 rings (SSSR count). The van der Waals surface area contributed by atoms with Crippen molar-refractivity contribution in [3.63, 3.8) is 0 Å². The second kappa shape index (κ2) is 15.4. The van der Waals surface area contributed by atoms with Crippen molar-refractivity contribution in [3.05, 3.63) is 0 Å². The van der Waals surface area contributed by atoms with Gasteiger partial charge in [-0.1, -0.05) is 112 Å². The zero-order valence-corrected chi connectivity index (χ0v) is 25.9. The molecular weight excluding hydrogens is 436 g/mol. The molecule has 0 unspecified atom stereocenters. The van der Waals surface area contributed by atoms with Gasteiger partial charge in [0.2, 0.25) is 0 Å². The topological polar surface area (TPSA) is 27.7 Å². The highest BCUT2D eigenvalue weighted by Crippen LogP contribution is 2.41. The minimum absolute atomic E-state index is 0.205. The maximum Gasteiger partial charge on any atom is 0.192 e. The van der Waals surface area contributed by atoms with E-state index >= 15 is 0 Å². The molecule has 1 aliphatic heterocycles. The van der Waals surface area contributed by atoms with Crippen LogP contribution in [0.25, 0.3) is 0 Å². The molecule has 0 radical (unpaired) electrons. The minimum atomic E-state index is -1.85. The monoisotopic (exact) mass is 498 g/mol. The summed E-state index contributed by atoms with van der Waals surface area (Å²) in [6.07, 6.45) is 18.0. The van der Waals surface area contributed by atoms with E-state index < -0.39 is 14.1 Å².